The SMILES string of the molecule is CN=C(OC1CCCN(C)C1)N1CCc2ccccc2C1c1cc(F)c(F)c(F)c1. The molecular formula is C23H26F3N3O. The van der Waals surface area contributed by atoms with Crippen molar-refractivity contribution in [3.8, 4) is 0 Å². The van der Waals surface area contributed by atoms with Gasteiger partial charge in [0.15, 0.2) is 17.5 Å². The van der Waals surface area contributed by atoms with E-state index >= 15 is 0 Å². The molecule has 7 heteroatoms. The van der Waals surface area contributed by atoms with Crippen LogP contribution in [0.5, 0.6) is 0 Å². The fourth-order valence-corrected chi connectivity index (χ4v) is 4.48. The summed E-state index contributed by atoms with van der Waals surface area (Å²) >= 11 is 0. The number of ether oxygens (including phenoxy) is 1. The molecule has 0 radical (unpaired) electrons. The molecule has 0 aromatic heterocycles. The lowest BCUT2D eigenvalue weighted by Gasteiger charge is -2.40. The molecule has 2 unspecified atom stereocenters. The standard InChI is InChI=1S/C23H26F3N3O/c1-27-23(30-17-7-5-10-28(2)14-17)29-11-9-15-6-3-4-8-18(15)22(29)16-12-19(24)21(26)20(25)13-16/h3-4,6,8,12-13,17,22H,5,7,9-11,14H2,1-2H3. The van der Waals surface area contributed by atoms with Crippen molar-refractivity contribution < 1.29 is 17.9 Å². The minimum Gasteiger partial charge on any atom is -0.460 e. The summed E-state index contributed by atoms with van der Waals surface area (Å²) in [6, 6.07) is 9.85. The maximum atomic E-state index is 14.1. The molecule has 0 N–H and O–H groups in total. The van der Waals surface area contributed by atoms with Crippen LogP contribution in [0.3, 0.4) is 0 Å². The van der Waals surface area contributed by atoms with E-state index in [2.05, 4.69) is 16.9 Å². The van der Waals surface area contributed by atoms with Crippen LogP contribution in [0.4, 0.5) is 13.2 Å². The lowest BCUT2D eigenvalue weighted by molar-refractivity contribution is 0.0707. The van der Waals surface area contributed by atoms with Gasteiger partial charge in [-0.05, 0) is 61.7 Å². The van der Waals surface area contributed by atoms with Gasteiger partial charge in [-0.25, -0.2) is 18.2 Å². The average molecular weight is 417 g/mol. The Hall–Kier alpha value is -2.54. The summed E-state index contributed by atoms with van der Waals surface area (Å²) < 4.78 is 48.1. The predicted octanol–water partition coefficient (Wildman–Crippen LogP) is 4.15. The van der Waals surface area contributed by atoms with E-state index in [1.807, 2.05) is 29.2 Å². The number of piperidine rings is 1. The maximum Gasteiger partial charge on any atom is 0.288 e. The number of halogens is 3. The Kier molecular flexibility index (Phi) is 5.99. The maximum absolute atomic E-state index is 14.1. The van der Waals surface area contributed by atoms with Crippen LogP contribution in [-0.4, -0.2) is 55.7 Å². The lowest BCUT2D eigenvalue weighted by Crippen LogP contribution is -2.46. The van der Waals surface area contributed by atoms with Crippen molar-refractivity contribution in [1.29, 1.82) is 0 Å². The van der Waals surface area contributed by atoms with Crippen molar-refractivity contribution in [3.63, 3.8) is 0 Å². The minimum atomic E-state index is -1.46. The highest BCUT2D eigenvalue weighted by molar-refractivity contribution is 5.76. The van der Waals surface area contributed by atoms with Crippen LogP contribution in [0.25, 0.3) is 0 Å². The molecule has 1 fully saturated rings. The van der Waals surface area contributed by atoms with E-state index in [0.717, 1.165) is 55.6 Å². The van der Waals surface area contributed by atoms with Gasteiger partial charge in [0.05, 0.1) is 6.04 Å². The quantitative estimate of drug-likeness (QED) is 0.418. The molecule has 2 atom stereocenters. The Morgan fingerprint density at radius 3 is 2.53 bits per heavy atom. The average Bonchev–Trinajstić information content (AvgIpc) is 2.75. The van der Waals surface area contributed by atoms with Crippen molar-refractivity contribution in [3.05, 3.63) is 70.5 Å². The first kappa shape index (κ1) is 20.7. The monoisotopic (exact) mass is 417 g/mol. The molecule has 2 aromatic carbocycles. The Labute approximate surface area is 175 Å². The molecule has 4 nitrogen and oxygen atoms in total. The zero-order valence-electron chi connectivity index (χ0n) is 17.2. The topological polar surface area (TPSA) is 28.1 Å². The first-order valence-corrected chi connectivity index (χ1v) is 10.3. The van der Waals surface area contributed by atoms with Crippen LogP contribution in [0.2, 0.25) is 0 Å². The lowest BCUT2D eigenvalue weighted by atomic mass is 9.88. The highest BCUT2D eigenvalue weighted by Crippen LogP contribution is 2.37. The molecule has 2 heterocycles. The highest BCUT2D eigenvalue weighted by Gasteiger charge is 2.34. The van der Waals surface area contributed by atoms with Gasteiger partial charge in [0, 0.05) is 20.1 Å². The van der Waals surface area contributed by atoms with E-state index in [9.17, 15) is 13.2 Å². The molecule has 2 aromatic rings. The van der Waals surface area contributed by atoms with Crippen LogP contribution in [0.1, 0.15) is 35.6 Å². The Balaban J connectivity index is 1.72. The third-order valence-corrected chi connectivity index (χ3v) is 5.90. The number of hydrogen-bond donors (Lipinski definition) is 0. The van der Waals surface area contributed by atoms with Gasteiger partial charge in [0.2, 0.25) is 0 Å². The smallest absolute Gasteiger partial charge is 0.288 e. The van der Waals surface area contributed by atoms with E-state index in [-0.39, 0.29) is 6.10 Å². The first-order valence-electron chi connectivity index (χ1n) is 10.3. The molecule has 2 aliphatic rings. The molecule has 30 heavy (non-hydrogen) atoms. The van der Waals surface area contributed by atoms with Gasteiger partial charge in [-0.1, -0.05) is 24.3 Å². The van der Waals surface area contributed by atoms with Gasteiger partial charge in [-0.3, -0.25) is 0 Å². The van der Waals surface area contributed by atoms with Gasteiger partial charge >= 0.3 is 0 Å². The summed E-state index contributed by atoms with van der Waals surface area (Å²) in [5.41, 5.74) is 2.35. The molecule has 1 saturated heterocycles. The second-order valence-corrected chi connectivity index (χ2v) is 7.99. The Bertz CT molecular complexity index is 926. The summed E-state index contributed by atoms with van der Waals surface area (Å²) in [6.45, 7) is 2.41. The van der Waals surface area contributed by atoms with E-state index in [4.69, 9.17) is 4.74 Å². The van der Waals surface area contributed by atoms with Crippen molar-refractivity contribution in [2.45, 2.75) is 31.4 Å². The summed E-state index contributed by atoms with van der Waals surface area (Å²) in [7, 11) is 3.72. The van der Waals surface area contributed by atoms with Gasteiger partial charge in [-0.2, -0.15) is 0 Å². The van der Waals surface area contributed by atoms with Crippen LogP contribution < -0.4 is 0 Å². The first-order chi connectivity index (χ1) is 14.5. The van der Waals surface area contributed by atoms with E-state index in [1.165, 1.54) is 0 Å². The number of fused-ring (bicyclic) bond motifs is 1. The van der Waals surface area contributed by atoms with Crippen LogP contribution in [-0.2, 0) is 11.2 Å². The molecule has 2 aliphatic heterocycles. The summed E-state index contributed by atoms with van der Waals surface area (Å²) in [5, 5.41) is 0. The number of nitrogens with zero attached hydrogens (tertiary/aromatic N) is 3. The molecule has 0 spiro atoms. The van der Waals surface area contributed by atoms with E-state index in [0.29, 0.717) is 18.1 Å². The van der Waals surface area contributed by atoms with Crippen LogP contribution in [0, 0.1) is 17.5 Å². The van der Waals surface area contributed by atoms with Gasteiger partial charge < -0.3 is 14.5 Å². The number of aliphatic imine (C=N–C) groups is 1. The second-order valence-electron chi connectivity index (χ2n) is 7.99. The molecule has 0 amide bonds. The third-order valence-electron chi connectivity index (χ3n) is 5.90. The van der Waals surface area contributed by atoms with Crippen molar-refractivity contribution in [1.82, 2.24) is 9.80 Å². The number of benzene rings is 2. The van der Waals surface area contributed by atoms with Gasteiger partial charge in [0.25, 0.3) is 6.02 Å². The predicted molar refractivity (Wildman–Crippen MR) is 110 cm³/mol. The fraction of sp³-hybridized carbons (Fsp3) is 0.435. The van der Waals surface area contributed by atoms with E-state index in [1.54, 1.807) is 7.05 Å². The van der Waals surface area contributed by atoms with Gasteiger partial charge in [-0.15, -0.1) is 0 Å². The zero-order valence-corrected chi connectivity index (χ0v) is 17.2. The van der Waals surface area contributed by atoms with Crippen molar-refractivity contribution in [2.75, 3.05) is 33.7 Å². The summed E-state index contributed by atoms with van der Waals surface area (Å²) in [6.07, 6.45) is 2.73. The number of likely N-dealkylation sites (tertiary alicyclic amines) is 1. The van der Waals surface area contributed by atoms with Gasteiger partial charge in [0.1, 0.15) is 6.10 Å². The number of rotatable bonds is 2. The molecule has 0 saturated carbocycles. The zero-order chi connectivity index (χ0) is 21.3. The number of likely N-dealkylation sites (N-methyl/N-ethyl adjacent to an activating group) is 1. The molecule has 0 aliphatic carbocycles. The molecule has 160 valence electrons. The molecule has 4 rings (SSSR count). The molecule has 0 bridgehead atoms. The normalized spacial score (nSPS) is 22.7. The van der Waals surface area contributed by atoms with Crippen molar-refractivity contribution >= 4 is 6.02 Å². The summed E-state index contributed by atoms with van der Waals surface area (Å²) in [4.78, 5) is 8.53. The van der Waals surface area contributed by atoms with E-state index < -0.39 is 23.5 Å². The number of amidine groups is 1. The number of hydrogen-bond acceptors (Lipinski definition) is 3. The third kappa shape index (κ3) is 4.03. The Morgan fingerprint density at radius 1 is 1.10 bits per heavy atom. The highest BCUT2D eigenvalue weighted by atomic mass is 19.2. The van der Waals surface area contributed by atoms with Crippen molar-refractivity contribution in [2.24, 2.45) is 4.99 Å². The summed E-state index contributed by atoms with van der Waals surface area (Å²) in [5.74, 6) is -3.85. The fourth-order valence-electron chi connectivity index (χ4n) is 4.48. The van der Waals surface area contributed by atoms with Crippen LogP contribution >= 0.6 is 0 Å². The Morgan fingerprint density at radius 2 is 1.83 bits per heavy atom. The minimum absolute atomic E-state index is 0.00182. The van der Waals surface area contributed by atoms with Crippen LogP contribution in [0.15, 0.2) is 41.4 Å². The molecular weight excluding hydrogens is 391 g/mol. The second kappa shape index (κ2) is 8.68. The largest absolute Gasteiger partial charge is 0.460 e.